The van der Waals surface area contributed by atoms with E-state index in [0.717, 1.165) is 0 Å². The summed E-state index contributed by atoms with van der Waals surface area (Å²) in [6, 6.07) is 10.7. The summed E-state index contributed by atoms with van der Waals surface area (Å²) in [7, 11) is 0. The number of nitrogens with zero attached hydrogens (tertiary/aromatic N) is 3. The third-order valence-electron chi connectivity index (χ3n) is 4.99. The molecule has 1 heterocycles. The summed E-state index contributed by atoms with van der Waals surface area (Å²) in [5.74, 6) is -3.48. The molecule has 0 radical (unpaired) electrons. The summed E-state index contributed by atoms with van der Waals surface area (Å²) in [5.41, 5.74) is 5.94. The number of nitrogens with two attached hydrogens (primary N) is 1. The van der Waals surface area contributed by atoms with Crippen molar-refractivity contribution in [2.45, 2.75) is 36.2 Å². The number of halogens is 3. The Labute approximate surface area is 217 Å². The van der Waals surface area contributed by atoms with E-state index in [0.29, 0.717) is 26.6 Å². The van der Waals surface area contributed by atoms with Crippen LogP contribution in [0.3, 0.4) is 0 Å². The Bertz CT molecular complexity index is 1360. The quantitative estimate of drug-likeness (QED) is 0.276. The van der Waals surface area contributed by atoms with Crippen LogP contribution in [0.2, 0.25) is 0 Å². The Morgan fingerprint density at radius 1 is 1.28 bits per heavy atom. The second kappa shape index (κ2) is 11.5. The van der Waals surface area contributed by atoms with Crippen molar-refractivity contribution in [3.05, 3.63) is 52.8 Å². The number of nitriles is 1. The highest BCUT2D eigenvalue weighted by Gasteiger charge is 2.44. The molecule has 0 fully saturated rings. The van der Waals surface area contributed by atoms with Crippen LogP contribution >= 0.6 is 27.7 Å². The second-order valence-corrected chi connectivity index (χ2v) is 9.28. The van der Waals surface area contributed by atoms with Crippen LogP contribution in [0.15, 0.2) is 52.4 Å². The summed E-state index contributed by atoms with van der Waals surface area (Å²) < 4.78 is 36.6. The second-order valence-electron chi connectivity index (χ2n) is 7.39. The molecule has 0 aliphatic carbocycles. The van der Waals surface area contributed by atoms with Gasteiger partial charge in [0.05, 0.1) is 30.1 Å². The first-order valence-electron chi connectivity index (χ1n) is 10.6. The smallest absolute Gasteiger partial charge is 0.377 e. The average Bonchev–Trinajstić information content (AvgIpc) is 3.19. The van der Waals surface area contributed by atoms with Crippen molar-refractivity contribution in [1.82, 2.24) is 14.9 Å². The topological polar surface area (TPSA) is 140 Å². The predicted octanol–water partition coefficient (Wildman–Crippen LogP) is 3.66. The first-order valence-corrected chi connectivity index (χ1v) is 12.2. The van der Waals surface area contributed by atoms with Crippen molar-refractivity contribution >= 4 is 56.2 Å². The molecule has 3 rings (SSSR count). The van der Waals surface area contributed by atoms with Crippen LogP contribution in [0.4, 0.5) is 8.78 Å². The normalized spacial score (nSPS) is 12.1. The number of esters is 1. The number of carbonyl (C=O) groups is 3. The van der Waals surface area contributed by atoms with E-state index < -0.39 is 29.1 Å². The summed E-state index contributed by atoms with van der Waals surface area (Å²) in [4.78, 5) is 39.7. The number of aromatic nitrogens is 2. The van der Waals surface area contributed by atoms with Crippen LogP contribution in [0.25, 0.3) is 16.5 Å². The van der Waals surface area contributed by atoms with Crippen molar-refractivity contribution in [2.75, 3.05) is 6.61 Å². The number of hydrogen-bond donors (Lipinski definition) is 2. The van der Waals surface area contributed by atoms with E-state index in [-0.39, 0.29) is 36.4 Å². The summed E-state index contributed by atoms with van der Waals surface area (Å²) in [6.07, 6.45) is 0.696. The molecule has 0 saturated heterocycles. The van der Waals surface area contributed by atoms with Gasteiger partial charge in [-0.1, -0.05) is 24.3 Å². The molecule has 0 saturated carbocycles. The van der Waals surface area contributed by atoms with Crippen LogP contribution in [0, 0.1) is 11.3 Å². The summed E-state index contributed by atoms with van der Waals surface area (Å²) in [6.45, 7) is 1.47. The van der Waals surface area contributed by atoms with E-state index in [4.69, 9.17) is 10.5 Å². The SMILES string of the molecule is CCOC(=O)C(CCC(N)=O)NC(=O)C(F)(F)Sc1ncc(Br)n1-c1ccc(C#N)c2ccccc12. The number of amides is 2. The predicted molar refractivity (Wildman–Crippen MR) is 131 cm³/mol. The fourth-order valence-electron chi connectivity index (χ4n) is 3.36. The number of imidazole rings is 1. The van der Waals surface area contributed by atoms with Gasteiger partial charge >= 0.3 is 17.1 Å². The zero-order valence-electron chi connectivity index (χ0n) is 18.8. The molecule has 1 unspecified atom stereocenters. The van der Waals surface area contributed by atoms with E-state index in [2.05, 4.69) is 27.0 Å². The lowest BCUT2D eigenvalue weighted by molar-refractivity contribution is -0.149. The number of benzene rings is 2. The molecule has 0 bridgehead atoms. The monoisotopic (exact) mass is 579 g/mol. The maximum absolute atomic E-state index is 15.0. The Morgan fingerprint density at radius 2 is 1.97 bits per heavy atom. The van der Waals surface area contributed by atoms with Gasteiger partial charge in [-0.3, -0.25) is 14.2 Å². The standard InChI is InChI=1S/C23H20BrF2N5O4S/c1-2-35-20(33)16(8-10-19(28)32)30-21(34)23(25,26)36-22-29-12-18(24)31(22)17-9-7-13(11-27)14-5-3-4-6-15(14)17/h3-7,9,12,16H,2,8,10H2,1H3,(H2,28,32)(H,30,34). The number of thioether (sulfide) groups is 1. The number of nitrogens with one attached hydrogen (secondary N) is 1. The van der Waals surface area contributed by atoms with Gasteiger partial charge in [0.1, 0.15) is 10.6 Å². The Kier molecular flexibility index (Phi) is 8.65. The fraction of sp³-hybridized carbons (Fsp3) is 0.261. The van der Waals surface area contributed by atoms with Gasteiger partial charge in [-0.15, -0.1) is 0 Å². The molecule has 2 amide bonds. The van der Waals surface area contributed by atoms with Crippen molar-refractivity contribution in [1.29, 1.82) is 5.26 Å². The maximum Gasteiger partial charge on any atom is 0.377 e. The third-order valence-corrected chi connectivity index (χ3v) is 6.46. The molecule has 1 aromatic heterocycles. The molecular weight excluding hydrogens is 560 g/mol. The highest BCUT2D eigenvalue weighted by atomic mass is 79.9. The molecule has 0 aliphatic rings. The average molecular weight is 580 g/mol. The molecule has 36 heavy (non-hydrogen) atoms. The van der Waals surface area contributed by atoms with E-state index in [1.165, 1.54) is 17.7 Å². The number of primary amides is 1. The molecule has 0 aliphatic heterocycles. The van der Waals surface area contributed by atoms with E-state index >= 15 is 8.78 Å². The molecule has 3 aromatic rings. The molecule has 188 valence electrons. The maximum atomic E-state index is 15.0. The van der Waals surface area contributed by atoms with E-state index in [1.54, 1.807) is 36.4 Å². The largest absolute Gasteiger partial charge is 0.464 e. The van der Waals surface area contributed by atoms with Crippen molar-refractivity contribution in [3.8, 4) is 11.8 Å². The molecule has 1 atom stereocenters. The molecule has 2 aromatic carbocycles. The Balaban J connectivity index is 1.92. The highest BCUT2D eigenvalue weighted by Crippen LogP contribution is 2.39. The zero-order valence-corrected chi connectivity index (χ0v) is 21.2. The fourth-order valence-corrected chi connectivity index (χ4v) is 4.72. The number of fused-ring (bicyclic) bond motifs is 1. The van der Waals surface area contributed by atoms with Crippen LogP contribution in [-0.4, -0.2) is 45.2 Å². The first-order chi connectivity index (χ1) is 17.1. The van der Waals surface area contributed by atoms with Gasteiger partial charge in [0, 0.05) is 17.2 Å². The van der Waals surface area contributed by atoms with Gasteiger partial charge < -0.3 is 15.8 Å². The van der Waals surface area contributed by atoms with Gasteiger partial charge in [0.15, 0.2) is 5.16 Å². The van der Waals surface area contributed by atoms with Crippen molar-refractivity contribution in [3.63, 3.8) is 0 Å². The summed E-state index contributed by atoms with van der Waals surface area (Å²) in [5, 5.41) is 8.31. The molecule has 9 nitrogen and oxygen atoms in total. The lowest BCUT2D eigenvalue weighted by Gasteiger charge is -2.21. The molecule has 3 N–H and O–H groups in total. The van der Waals surface area contributed by atoms with Gasteiger partial charge in [-0.2, -0.15) is 14.0 Å². The minimum Gasteiger partial charge on any atom is -0.464 e. The minimum absolute atomic E-state index is 0.0447. The Hall–Kier alpha value is -3.50. The molecule has 0 spiro atoms. The molecular formula is C23H20BrF2N5O4S. The van der Waals surface area contributed by atoms with Gasteiger partial charge in [-0.05, 0) is 53.2 Å². The number of carbonyl (C=O) groups excluding carboxylic acids is 3. The first kappa shape index (κ1) is 27.1. The van der Waals surface area contributed by atoms with Crippen LogP contribution in [0.1, 0.15) is 25.3 Å². The lowest BCUT2D eigenvalue weighted by Crippen LogP contribution is -2.48. The van der Waals surface area contributed by atoms with Crippen LogP contribution < -0.4 is 11.1 Å². The molecule has 13 heteroatoms. The van der Waals surface area contributed by atoms with E-state index in [1.807, 2.05) is 5.32 Å². The van der Waals surface area contributed by atoms with Crippen molar-refractivity contribution < 1.29 is 27.9 Å². The van der Waals surface area contributed by atoms with Crippen molar-refractivity contribution in [2.24, 2.45) is 5.73 Å². The third kappa shape index (κ3) is 6.00. The van der Waals surface area contributed by atoms with Gasteiger partial charge in [0.2, 0.25) is 5.91 Å². The van der Waals surface area contributed by atoms with Gasteiger partial charge in [-0.25, -0.2) is 9.78 Å². The van der Waals surface area contributed by atoms with Crippen LogP contribution in [-0.2, 0) is 19.1 Å². The van der Waals surface area contributed by atoms with E-state index in [9.17, 15) is 19.6 Å². The number of rotatable bonds is 10. The number of ether oxygens (including phenoxy) is 1. The number of alkyl halides is 2. The van der Waals surface area contributed by atoms with Crippen LogP contribution in [0.5, 0.6) is 0 Å². The Morgan fingerprint density at radius 3 is 2.61 bits per heavy atom. The minimum atomic E-state index is -4.05. The zero-order chi connectivity index (χ0) is 26.5. The highest BCUT2D eigenvalue weighted by molar-refractivity contribution is 9.10. The van der Waals surface area contributed by atoms with Gasteiger partial charge in [0.25, 0.3) is 0 Å². The summed E-state index contributed by atoms with van der Waals surface area (Å²) >= 11 is 3.18. The number of hydrogen-bond acceptors (Lipinski definition) is 7. The lowest BCUT2D eigenvalue weighted by atomic mass is 10.0.